The van der Waals surface area contributed by atoms with Crippen molar-refractivity contribution in [2.24, 2.45) is 5.92 Å². The van der Waals surface area contributed by atoms with Gasteiger partial charge < -0.3 is 9.64 Å². The zero-order valence-electron chi connectivity index (χ0n) is 16.4. The summed E-state index contributed by atoms with van der Waals surface area (Å²) in [5, 5.41) is 8.43. The molecule has 1 saturated heterocycles. The average molecular weight is 428 g/mol. The third-order valence-corrected chi connectivity index (χ3v) is 6.59. The summed E-state index contributed by atoms with van der Waals surface area (Å²) in [4.78, 5) is 26.7. The number of aromatic nitrogens is 2. The van der Waals surface area contributed by atoms with E-state index in [0.717, 1.165) is 24.1 Å². The van der Waals surface area contributed by atoms with Crippen molar-refractivity contribution in [3.8, 4) is 5.75 Å². The highest BCUT2D eigenvalue weighted by molar-refractivity contribution is 6.35. The van der Waals surface area contributed by atoms with Gasteiger partial charge in [0, 0.05) is 25.1 Å². The van der Waals surface area contributed by atoms with Crippen LogP contribution >= 0.6 is 11.6 Å². The largest absolute Gasteiger partial charge is 0.426 e. The van der Waals surface area contributed by atoms with E-state index in [2.05, 4.69) is 25.9 Å². The summed E-state index contributed by atoms with van der Waals surface area (Å²) >= 11 is 6.55. The molecule has 0 unspecified atom stereocenters. The number of piperidine rings is 1. The minimum Gasteiger partial charge on any atom is -0.426 e. The minimum absolute atomic E-state index is 0.0842. The van der Waals surface area contributed by atoms with E-state index >= 15 is 0 Å². The molecule has 9 heteroatoms. The van der Waals surface area contributed by atoms with Gasteiger partial charge in [-0.05, 0) is 37.7 Å². The summed E-state index contributed by atoms with van der Waals surface area (Å²) in [7, 11) is 0. The number of esters is 1. The Bertz CT molecular complexity index is 1000. The van der Waals surface area contributed by atoms with E-state index in [0.29, 0.717) is 54.9 Å². The Morgan fingerprint density at radius 3 is 2.80 bits per heavy atom. The molecule has 3 heterocycles. The molecule has 1 aliphatic carbocycles. The number of para-hydroxylation sites is 1. The molecule has 30 heavy (non-hydrogen) atoms. The molecule has 0 bridgehead atoms. The van der Waals surface area contributed by atoms with Crippen molar-refractivity contribution < 1.29 is 14.3 Å². The number of anilines is 2. The molecule has 1 aromatic carbocycles. The highest BCUT2D eigenvalue weighted by Crippen LogP contribution is 2.47. The van der Waals surface area contributed by atoms with Gasteiger partial charge in [0.05, 0.1) is 11.9 Å². The van der Waals surface area contributed by atoms with Crippen LogP contribution < -0.4 is 20.5 Å². The van der Waals surface area contributed by atoms with Gasteiger partial charge in [-0.1, -0.05) is 29.8 Å². The summed E-state index contributed by atoms with van der Waals surface area (Å²) in [5.74, 6) is 1.20. The number of rotatable bonds is 5. The standard InChI is InChI=1S/C21H22ClN5O3/c22-18-15(12-23-25-19(18)26-24-17(28)11-13-5-6-13)27-9-7-21(8-10-27)14-3-1-2-4-16(14)30-20(21)29/h1-4,12-13H,5-11H2,(H,24,28)(H,25,26). The number of fused-ring (bicyclic) bond motifs is 2. The van der Waals surface area contributed by atoms with Crippen molar-refractivity contribution in [1.82, 2.24) is 15.6 Å². The van der Waals surface area contributed by atoms with Crippen LogP contribution in [0.15, 0.2) is 30.5 Å². The normalized spacial score (nSPS) is 19.4. The second-order valence-electron chi connectivity index (χ2n) is 8.17. The van der Waals surface area contributed by atoms with Gasteiger partial charge in [-0.2, -0.15) is 5.10 Å². The Kier molecular flexibility index (Phi) is 4.73. The fourth-order valence-electron chi connectivity index (χ4n) is 4.29. The van der Waals surface area contributed by atoms with Gasteiger partial charge in [0.25, 0.3) is 0 Å². The summed E-state index contributed by atoms with van der Waals surface area (Å²) in [6.45, 7) is 1.25. The number of carbonyl (C=O) groups is 2. The van der Waals surface area contributed by atoms with E-state index in [1.54, 1.807) is 6.20 Å². The topological polar surface area (TPSA) is 96.5 Å². The van der Waals surface area contributed by atoms with Crippen molar-refractivity contribution in [3.05, 3.63) is 41.0 Å². The molecule has 1 spiro atoms. The van der Waals surface area contributed by atoms with Crippen molar-refractivity contribution in [3.63, 3.8) is 0 Å². The van der Waals surface area contributed by atoms with Crippen molar-refractivity contribution >= 4 is 35.0 Å². The van der Waals surface area contributed by atoms with E-state index in [1.807, 2.05) is 24.3 Å². The first-order valence-corrected chi connectivity index (χ1v) is 10.6. The molecule has 8 nitrogen and oxygen atoms in total. The van der Waals surface area contributed by atoms with Gasteiger partial charge in [0.15, 0.2) is 5.82 Å². The molecule has 2 aromatic rings. The maximum Gasteiger partial charge on any atom is 0.322 e. The second kappa shape index (κ2) is 7.43. The molecule has 1 amide bonds. The third kappa shape index (κ3) is 3.35. The molecule has 1 aromatic heterocycles. The van der Waals surface area contributed by atoms with Crippen LogP contribution in [0.25, 0.3) is 0 Å². The van der Waals surface area contributed by atoms with Crippen molar-refractivity contribution in [1.29, 1.82) is 0 Å². The maximum absolute atomic E-state index is 12.7. The molecule has 5 rings (SSSR count). The molecular weight excluding hydrogens is 406 g/mol. The van der Waals surface area contributed by atoms with Gasteiger partial charge in [-0.15, -0.1) is 5.10 Å². The predicted octanol–water partition coefficient (Wildman–Crippen LogP) is 2.83. The van der Waals surface area contributed by atoms with Crippen LogP contribution in [-0.2, 0) is 15.0 Å². The minimum atomic E-state index is -0.599. The first-order valence-electron chi connectivity index (χ1n) is 10.2. The highest BCUT2D eigenvalue weighted by atomic mass is 35.5. The first kappa shape index (κ1) is 19.1. The molecule has 0 atom stereocenters. The van der Waals surface area contributed by atoms with E-state index in [-0.39, 0.29) is 11.9 Å². The van der Waals surface area contributed by atoms with Crippen molar-refractivity contribution in [2.45, 2.75) is 37.5 Å². The molecule has 3 aliphatic rings. The third-order valence-electron chi connectivity index (χ3n) is 6.22. The molecular formula is C21H22ClN5O3. The number of hydrogen-bond donors (Lipinski definition) is 2. The summed E-state index contributed by atoms with van der Waals surface area (Å²) in [6.07, 6.45) is 5.59. The summed E-state index contributed by atoms with van der Waals surface area (Å²) in [5.41, 5.74) is 6.52. The first-order chi connectivity index (χ1) is 14.6. The van der Waals surface area contributed by atoms with Gasteiger partial charge in [0.1, 0.15) is 16.2 Å². The number of halogens is 1. The lowest BCUT2D eigenvalue weighted by Gasteiger charge is -2.38. The van der Waals surface area contributed by atoms with Gasteiger partial charge in [0.2, 0.25) is 5.91 Å². The van der Waals surface area contributed by atoms with Gasteiger partial charge >= 0.3 is 5.97 Å². The monoisotopic (exact) mass is 427 g/mol. The smallest absolute Gasteiger partial charge is 0.322 e. The Hall–Kier alpha value is -2.87. The fourth-order valence-corrected chi connectivity index (χ4v) is 4.54. The fraction of sp³-hybridized carbons (Fsp3) is 0.429. The molecule has 1 saturated carbocycles. The molecule has 156 valence electrons. The van der Waals surface area contributed by atoms with Crippen LogP contribution in [-0.4, -0.2) is 35.2 Å². The number of nitrogens with one attached hydrogen (secondary N) is 2. The zero-order valence-corrected chi connectivity index (χ0v) is 17.1. The average Bonchev–Trinajstić information content (AvgIpc) is 3.53. The summed E-state index contributed by atoms with van der Waals surface area (Å²) < 4.78 is 5.51. The Morgan fingerprint density at radius 2 is 2.03 bits per heavy atom. The lowest BCUT2D eigenvalue weighted by Crippen LogP contribution is -2.46. The van der Waals surface area contributed by atoms with Crippen LogP contribution in [0.1, 0.15) is 37.7 Å². The number of benzene rings is 1. The summed E-state index contributed by atoms with van der Waals surface area (Å²) in [6, 6.07) is 7.63. The van der Waals surface area contributed by atoms with Crippen LogP contribution in [0.4, 0.5) is 11.5 Å². The van der Waals surface area contributed by atoms with E-state index in [4.69, 9.17) is 16.3 Å². The second-order valence-corrected chi connectivity index (χ2v) is 8.55. The predicted molar refractivity (Wildman–Crippen MR) is 111 cm³/mol. The molecule has 0 radical (unpaired) electrons. The Labute approximate surface area is 178 Å². The number of nitrogens with zero attached hydrogens (tertiary/aromatic N) is 3. The van der Waals surface area contributed by atoms with E-state index in [9.17, 15) is 9.59 Å². The highest BCUT2D eigenvalue weighted by Gasteiger charge is 2.50. The number of carbonyl (C=O) groups excluding carboxylic acids is 2. The molecule has 2 fully saturated rings. The number of hydrazine groups is 1. The SMILES string of the molecule is O=C(CC1CC1)NNc1nncc(N2CCC3(CC2)C(=O)Oc2ccccc23)c1Cl. The van der Waals surface area contributed by atoms with Crippen LogP contribution in [0.5, 0.6) is 5.75 Å². The van der Waals surface area contributed by atoms with E-state index in [1.165, 1.54) is 0 Å². The van der Waals surface area contributed by atoms with Gasteiger partial charge in [-0.25, -0.2) is 0 Å². The lowest BCUT2D eigenvalue weighted by atomic mass is 9.74. The van der Waals surface area contributed by atoms with Crippen LogP contribution in [0.2, 0.25) is 5.02 Å². The van der Waals surface area contributed by atoms with Crippen LogP contribution in [0, 0.1) is 5.92 Å². The maximum atomic E-state index is 12.7. The number of amides is 1. The molecule has 2 N–H and O–H groups in total. The zero-order chi connectivity index (χ0) is 20.7. The van der Waals surface area contributed by atoms with Gasteiger partial charge in [-0.3, -0.25) is 20.4 Å². The number of ether oxygens (including phenoxy) is 1. The molecule has 2 aliphatic heterocycles. The van der Waals surface area contributed by atoms with Crippen LogP contribution in [0.3, 0.4) is 0 Å². The Balaban J connectivity index is 1.28. The quantitative estimate of drug-likeness (QED) is 0.430. The van der Waals surface area contributed by atoms with Crippen molar-refractivity contribution in [2.75, 3.05) is 23.4 Å². The van der Waals surface area contributed by atoms with E-state index < -0.39 is 5.41 Å². The lowest BCUT2D eigenvalue weighted by molar-refractivity contribution is -0.139. The number of hydrogen-bond acceptors (Lipinski definition) is 7. The Morgan fingerprint density at radius 1 is 1.27 bits per heavy atom.